The van der Waals surface area contributed by atoms with Gasteiger partial charge in [-0.25, -0.2) is 0 Å². The molecule has 0 radical (unpaired) electrons. The van der Waals surface area contributed by atoms with E-state index in [2.05, 4.69) is 9.44 Å². The number of Topliss-reactive ketones (excluding diaryl/α,β-unsaturated/α-hetero) is 1. The van der Waals surface area contributed by atoms with Gasteiger partial charge in [-0.15, -0.1) is 0 Å². The predicted molar refractivity (Wildman–Crippen MR) is 52.9 cm³/mol. The van der Waals surface area contributed by atoms with Crippen molar-refractivity contribution in [2.75, 3.05) is 6.54 Å². The first-order valence-corrected chi connectivity index (χ1v) is 6.18. The Bertz CT molecular complexity index is 307. The quantitative estimate of drug-likeness (QED) is 0.651. The lowest BCUT2D eigenvalue weighted by Gasteiger charge is -2.07. The maximum atomic E-state index is 11.2. The molecule has 1 aliphatic carbocycles. The van der Waals surface area contributed by atoms with Gasteiger partial charge < -0.3 is 0 Å². The summed E-state index contributed by atoms with van der Waals surface area (Å²) < 4.78 is 27.1. The summed E-state index contributed by atoms with van der Waals surface area (Å²) in [6.07, 6.45) is 1.78. The van der Waals surface area contributed by atoms with E-state index in [4.69, 9.17) is 0 Å². The van der Waals surface area contributed by atoms with Crippen LogP contribution in [0.4, 0.5) is 0 Å². The van der Waals surface area contributed by atoms with Gasteiger partial charge in [0, 0.05) is 12.0 Å². The molecule has 5 nitrogen and oxygen atoms in total. The van der Waals surface area contributed by atoms with Gasteiger partial charge in [0.15, 0.2) is 0 Å². The molecule has 1 saturated carbocycles. The number of carbonyl (C=O) groups is 1. The first-order valence-electron chi connectivity index (χ1n) is 4.70. The van der Waals surface area contributed by atoms with E-state index in [1.54, 1.807) is 13.8 Å². The monoisotopic (exact) mass is 220 g/mol. The SMILES string of the molecule is CC(C)C(=O)CNS(=O)(=O)NC1CC1. The third-order valence-electron chi connectivity index (χ3n) is 1.98. The second-order valence-electron chi connectivity index (χ2n) is 3.84. The van der Waals surface area contributed by atoms with Crippen LogP contribution in [0.3, 0.4) is 0 Å². The maximum Gasteiger partial charge on any atom is 0.277 e. The van der Waals surface area contributed by atoms with E-state index in [-0.39, 0.29) is 24.3 Å². The summed E-state index contributed by atoms with van der Waals surface area (Å²) >= 11 is 0. The molecule has 0 amide bonds. The fraction of sp³-hybridized carbons (Fsp3) is 0.875. The minimum absolute atomic E-state index is 0.0710. The Morgan fingerprint density at radius 1 is 1.43 bits per heavy atom. The average Bonchev–Trinajstić information content (AvgIpc) is 2.83. The third-order valence-corrected chi connectivity index (χ3v) is 3.15. The Morgan fingerprint density at radius 2 is 2.00 bits per heavy atom. The van der Waals surface area contributed by atoms with Crippen molar-refractivity contribution in [1.29, 1.82) is 0 Å². The highest BCUT2D eigenvalue weighted by Crippen LogP contribution is 2.19. The summed E-state index contributed by atoms with van der Waals surface area (Å²) in [6, 6.07) is 0.0710. The van der Waals surface area contributed by atoms with Crippen LogP contribution in [0.2, 0.25) is 0 Å². The van der Waals surface area contributed by atoms with Gasteiger partial charge in [-0.1, -0.05) is 13.8 Å². The first kappa shape index (κ1) is 11.6. The van der Waals surface area contributed by atoms with E-state index < -0.39 is 10.2 Å². The standard InChI is InChI=1S/C8H16N2O3S/c1-6(2)8(11)5-9-14(12,13)10-7-3-4-7/h6-7,9-10H,3-5H2,1-2H3. The Morgan fingerprint density at radius 3 is 2.43 bits per heavy atom. The molecular weight excluding hydrogens is 204 g/mol. The number of rotatable bonds is 6. The van der Waals surface area contributed by atoms with E-state index in [1.807, 2.05) is 0 Å². The minimum Gasteiger partial charge on any atom is -0.298 e. The number of hydrogen-bond acceptors (Lipinski definition) is 3. The molecule has 2 N–H and O–H groups in total. The van der Waals surface area contributed by atoms with Crippen LogP contribution in [0.15, 0.2) is 0 Å². The zero-order valence-electron chi connectivity index (χ0n) is 8.41. The molecule has 0 unspecified atom stereocenters. The third kappa shape index (κ3) is 4.17. The lowest BCUT2D eigenvalue weighted by molar-refractivity contribution is -0.120. The van der Waals surface area contributed by atoms with Crippen LogP contribution in [0.1, 0.15) is 26.7 Å². The summed E-state index contributed by atoms with van der Waals surface area (Å²) in [5.41, 5.74) is 0. The Kier molecular flexibility index (Phi) is 3.63. The van der Waals surface area contributed by atoms with Crippen molar-refractivity contribution in [3.05, 3.63) is 0 Å². The summed E-state index contributed by atoms with van der Waals surface area (Å²) in [5, 5.41) is 0. The molecule has 1 rings (SSSR count). The molecule has 0 bridgehead atoms. The van der Waals surface area contributed by atoms with E-state index >= 15 is 0 Å². The molecule has 6 heteroatoms. The van der Waals surface area contributed by atoms with Crippen molar-refractivity contribution in [3.63, 3.8) is 0 Å². The molecule has 0 spiro atoms. The topological polar surface area (TPSA) is 75.3 Å². The van der Waals surface area contributed by atoms with E-state index in [9.17, 15) is 13.2 Å². The van der Waals surface area contributed by atoms with Crippen LogP contribution in [-0.2, 0) is 15.0 Å². The van der Waals surface area contributed by atoms with Crippen LogP contribution in [0.25, 0.3) is 0 Å². The molecule has 0 saturated heterocycles. The highest BCUT2D eigenvalue weighted by Gasteiger charge is 2.26. The van der Waals surface area contributed by atoms with Gasteiger partial charge in [-0.3, -0.25) is 4.79 Å². The van der Waals surface area contributed by atoms with E-state index in [0.29, 0.717) is 0 Å². The summed E-state index contributed by atoms with van der Waals surface area (Å²) in [6.45, 7) is 3.36. The second-order valence-corrected chi connectivity index (χ2v) is 5.37. The van der Waals surface area contributed by atoms with Crippen molar-refractivity contribution < 1.29 is 13.2 Å². The van der Waals surface area contributed by atoms with Crippen molar-refractivity contribution >= 4 is 16.0 Å². The van der Waals surface area contributed by atoms with Gasteiger partial charge in [0.25, 0.3) is 10.2 Å². The number of ketones is 1. The lowest BCUT2D eigenvalue weighted by Crippen LogP contribution is -2.41. The minimum atomic E-state index is -3.47. The molecule has 0 aromatic carbocycles. The summed E-state index contributed by atoms with van der Waals surface area (Å²) in [5.74, 6) is -0.246. The van der Waals surface area contributed by atoms with Crippen LogP contribution in [-0.4, -0.2) is 26.8 Å². The van der Waals surface area contributed by atoms with Gasteiger partial charge in [0.1, 0.15) is 5.78 Å². The molecule has 1 aliphatic rings. The van der Waals surface area contributed by atoms with Crippen LogP contribution in [0.5, 0.6) is 0 Å². The number of hydrogen-bond donors (Lipinski definition) is 2. The van der Waals surface area contributed by atoms with Gasteiger partial charge >= 0.3 is 0 Å². The van der Waals surface area contributed by atoms with Crippen molar-refractivity contribution in [3.8, 4) is 0 Å². The molecule has 1 fully saturated rings. The molecule has 0 aromatic heterocycles. The second kappa shape index (κ2) is 4.37. The Balaban J connectivity index is 2.31. The number of carbonyl (C=O) groups excluding carboxylic acids is 1. The molecule has 0 aromatic rings. The largest absolute Gasteiger partial charge is 0.298 e. The molecular formula is C8H16N2O3S. The molecule has 0 atom stereocenters. The summed E-state index contributed by atoms with van der Waals surface area (Å²) in [7, 11) is -3.47. The fourth-order valence-electron chi connectivity index (χ4n) is 0.833. The first-order chi connectivity index (χ1) is 6.41. The molecule has 14 heavy (non-hydrogen) atoms. The van der Waals surface area contributed by atoms with Gasteiger partial charge in [0.2, 0.25) is 0 Å². The Labute approximate surface area is 84.4 Å². The predicted octanol–water partition coefficient (Wildman–Crippen LogP) is -0.202. The summed E-state index contributed by atoms with van der Waals surface area (Å²) in [4.78, 5) is 11.1. The normalized spacial score (nSPS) is 17.4. The van der Waals surface area contributed by atoms with Gasteiger partial charge in [-0.05, 0) is 12.8 Å². The van der Waals surface area contributed by atoms with Crippen molar-refractivity contribution in [2.24, 2.45) is 5.92 Å². The van der Waals surface area contributed by atoms with Crippen LogP contribution < -0.4 is 9.44 Å². The fourth-order valence-corrected chi connectivity index (χ4v) is 1.92. The van der Waals surface area contributed by atoms with Crippen molar-refractivity contribution in [2.45, 2.75) is 32.7 Å². The highest BCUT2D eigenvalue weighted by atomic mass is 32.2. The van der Waals surface area contributed by atoms with Gasteiger partial charge in [-0.2, -0.15) is 17.9 Å². The van der Waals surface area contributed by atoms with E-state index in [0.717, 1.165) is 12.8 Å². The smallest absolute Gasteiger partial charge is 0.277 e. The van der Waals surface area contributed by atoms with Gasteiger partial charge in [0.05, 0.1) is 6.54 Å². The Hall–Kier alpha value is -0.460. The molecule has 0 heterocycles. The van der Waals surface area contributed by atoms with Crippen molar-refractivity contribution in [1.82, 2.24) is 9.44 Å². The highest BCUT2D eigenvalue weighted by molar-refractivity contribution is 7.87. The molecule has 82 valence electrons. The zero-order valence-corrected chi connectivity index (χ0v) is 9.23. The van der Waals surface area contributed by atoms with Crippen LogP contribution in [0, 0.1) is 5.92 Å². The lowest BCUT2D eigenvalue weighted by atomic mass is 10.1. The molecule has 0 aliphatic heterocycles. The number of nitrogens with one attached hydrogen (secondary N) is 2. The van der Waals surface area contributed by atoms with Crippen LogP contribution >= 0.6 is 0 Å². The average molecular weight is 220 g/mol. The zero-order chi connectivity index (χ0) is 10.8. The van der Waals surface area contributed by atoms with E-state index in [1.165, 1.54) is 0 Å². The maximum absolute atomic E-state index is 11.2.